The van der Waals surface area contributed by atoms with Gasteiger partial charge in [-0.15, -0.1) is 0 Å². The lowest BCUT2D eigenvalue weighted by atomic mass is 10.4. The van der Waals surface area contributed by atoms with Gasteiger partial charge in [0.15, 0.2) is 0 Å². The summed E-state index contributed by atoms with van der Waals surface area (Å²) in [5, 5.41) is 3.30. The first-order valence-corrected chi connectivity index (χ1v) is 5.39. The molecule has 0 aliphatic carbocycles. The fourth-order valence-corrected chi connectivity index (χ4v) is 1.17. The lowest BCUT2D eigenvalue weighted by Crippen LogP contribution is -2.17. The summed E-state index contributed by atoms with van der Waals surface area (Å²) in [5.41, 5.74) is 1.94. The van der Waals surface area contributed by atoms with Gasteiger partial charge in [0.25, 0.3) is 0 Å². The Hall–Kier alpha value is -1.00. The van der Waals surface area contributed by atoms with Crippen molar-refractivity contribution in [1.29, 1.82) is 0 Å². The maximum absolute atomic E-state index is 5.23. The first-order chi connectivity index (χ1) is 7.33. The van der Waals surface area contributed by atoms with Crippen molar-refractivity contribution in [2.24, 2.45) is 0 Å². The molecule has 0 spiro atoms. The molecule has 0 fully saturated rings. The molecule has 1 N–H and O–H groups in total. The minimum Gasteiger partial charge on any atom is -0.382 e. The van der Waals surface area contributed by atoms with E-state index in [4.69, 9.17) is 4.74 Å². The molecule has 1 aromatic heterocycles. The molecule has 1 rings (SSSR count). The number of rotatable bonds is 7. The highest BCUT2D eigenvalue weighted by atomic mass is 16.5. The molecule has 0 saturated heterocycles. The number of nitrogens with zero attached hydrogens (tertiary/aromatic N) is 2. The molecular weight excluding hydrogens is 190 g/mol. The molecule has 0 aliphatic rings. The van der Waals surface area contributed by atoms with Crippen LogP contribution in [-0.2, 0) is 11.3 Å². The Morgan fingerprint density at radius 2 is 2.20 bits per heavy atom. The van der Waals surface area contributed by atoms with Gasteiger partial charge >= 0.3 is 0 Å². The standard InChI is InChI=1S/C11H19N3O/c1-3-15-6-4-5-12-8-11-9-13-10(2)7-14-11/h7,9,12H,3-6,8H2,1-2H3. The van der Waals surface area contributed by atoms with E-state index in [1.807, 2.05) is 20.0 Å². The van der Waals surface area contributed by atoms with Crippen LogP contribution in [0.15, 0.2) is 12.4 Å². The third-order valence-corrected chi connectivity index (χ3v) is 1.99. The highest BCUT2D eigenvalue weighted by molar-refractivity contribution is 4.99. The largest absolute Gasteiger partial charge is 0.382 e. The lowest BCUT2D eigenvalue weighted by Gasteiger charge is -2.04. The average molecular weight is 209 g/mol. The molecule has 0 aliphatic heterocycles. The van der Waals surface area contributed by atoms with Crippen LogP contribution in [-0.4, -0.2) is 29.7 Å². The predicted molar refractivity (Wildman–Crippen MR) is 59.6 cm³/mol. The van der Waals surface area contributed by atoms with E-state index in [2.05, 4.69) is 15.3 Å². The van der Waals surface area contributed by atoms with E-state index in [1.165, 1.54) is 0 Å². The molecule has 1 aromatic rings. The van der Waals surface area contributed by atoms with E-state index in [-0.39, 0.29) is 0 Å². The number of aryl methyl sites for hydroxylation is 1. The second-order valence-electron chi connectivity index (χ2n) is 3.38. The summed E-state index contributed by atoms with van der Waals surface area (Å²) in [6.07, 6.45) is 4.63. The first-order valence-electron chi connectivity index (χ1n) is 5.39. The van der Waals surface area contributed by atoms with Gasteiger partial charge in [-0.1, -0.05) is 0 Å². The van der Waals surface area contributed by atoms with Gasteiger partial charge in [0.1, 0.15) is 0 Å². The molecule has 0 bridgehead atoms. The Morgan fingerprint density at radius 3 is 2.87 bits per heavy atom. The second-order valence-corrected chi connectivity index (χ2v) is 3.38. The van der Waals surface area contributed by atoms with Crippen molar-refractivity contribution < 1.29 is 4.74 Å². The fourth-order valence-electron chi connectivity index (χ4n) is 1.17. The van der Waals surface area contributed by atoms with Crippen LogP contribution < -0.4 is 5.32 Å². The van der Waals surface area contributed by atoms with Crippen LogP contribution >= 0.6 is 0 Å². The van der Waals surface area contributed by atoms with Crippen LogP contribution in [0.2, 0.25) is 0 Å². The summed E-state index contributed by atoms with van der Waals surface area (Å²) in [5.74, 6) is 0. The zero-order valence-electron chi connectivity index (χ0n) is 9.49. The first kappa shape index (κ1) is 12.1. The van der Waals surface area contributed by atoms with Crippen LogP contribution in [0.25, 0.3) is 0 Å². The molecular formula is C11H19N3O. The Morgan fingerprint density at radius 1 is 1.33 bits per heavy atom. The molecule has 0 atom stereocenters. The minimum atomic E-state index is 0.777. The molecule has 4 nitrogen and oxygen atoms in total. The van der Waals surface area contributed by atoms with Crippen LogP contribution in [0.3, 0.4) is 0 Å². The van der Waals surface area contributed by atoms with Crippen LogP contribution in [0, 0.1) is 6.92 Å². The fraction of sp³-hybridized carbons (Fsp3) is 0.636. The van der Waals surface area contributed by atoms with Crippen LogP contribution in [0.5, 0.6) is 0 Å². The number of hydrogen-bond donors (Lipinski definition) is 1. The van der Waals surface area contributed by atoms with Gasteiger partial charge in [0.05, 0.1) is 11.4 Å². The third kappa shape index (κ3) is 5.44. The highest BCUT2D eigenvalue weighted by Crippen LogP contribution is 1.93. The number of nitrogens with one attached hydrogen (secondary N) is 1. The van der Waals surface area contributed by atoms with E-state index in [1.54, 1.807) is 6.20 Å². The highest BCUT2D eigenvalue weighted by Gasteiger charge is 1.94. The van der Waals surface area contributed by atoms with Crippen molar-refractivity contribution in [3.63, 3.8) is 0 Å². The van der Waals surface area contributed by atoms with Crippen molar-refractivity contribution in [2.45, 2.75) is 26.8 Å². The average Bonchev–Trinajstić information content (AvgIpc) is 2.26. The van der Waals surface area contributed by atoms with Crippen molar-refractivity contribution in [3.8, 4) is 0 Å². The van der Waals surface area contributed by atoms with Crippen LogP contribution in [0.4, 0.5) is 0 Å². The van der Waals surface area contributed by atoms with Crippen molar-refractivity contribution in [3.05, 3.63) is 23.8 Å². The van der Waals surface area contributed by atoms with Crippen LogP contribution in [0.1, 0.15) is 24.7 Å². The van der Waals surface area contributed by atoms with Gasteiger partial charge < -0.3 is 10.1 Å². The van der Waals surface area contributed by atoms with Gasteiger partial charge in [0.2, 0.25) is 0 Å². The molecule has 1 heterocycles. The van der Waals surface area contributed by atoms with Gasteiger partial charge in [-0.2, -0.15) is 0 Å². The Balaban J connectivity index is 2.07. The molecule has 0 unspecified atom stereocenters. The van der Waals surface area contributed by atoms with E-state index in [9.17, 15) is 0 Å². The SMILES string of the molecule is CCOCCCNCc1cnc(C)cn1. The number of hydrogen-bond acceptors (Lipinski definition) is 4. The summed E-state index contributed by atoms with van der Waals surface area (Å²) < 4.78 is 5.23. The van der Waals surface area contributed by atoms with Gasteiger partial charge in [0, 0.05) is 32.2 Å². The summed E-state index contributed by atoms with van der Waals surface area (Å²) in [4.78, 5) is 8.44. The van der Waals surface area contributed by atoms with Crippen molar-refractivity contribution >= 4 is 0 Å². The number of ether oxygens (including phenoxy) is 1. The van der Waals surface area contributed by atoms with Crippen molar-refractivity contribution in [1.82, 2.24) is 15.3 Å². The summed E-state index contributed by atoms with van der Waals surface area (Å²) >= 11 is 0. The Bertz CT molecular complexity index is 261. The maximum atomic E-state index is 5.23. The minimum absolute atomic E-state index is 0.777. The quantitative estimate of drug-likeness (QED) is 0.688. The summed E-state index contributed by atoms with van der Waals surface area (Å²) in [6.45, 7) is 7.29. The molecule has 0 saturated carbocycles. The molecule has 0 amide bonds. The third-order valence-electron chi connectivity index (χ3n) is 1.99. The normalized spacial score (nSPS) is 10.5. The Labute approximate surface area is 91.1 Å². The van der Waals surface area contributed by atoms with Gasteiger partial charge in [-0.25, -0.2) is 0 Å². The zero-order chi connectivity index (χ0) is 10.9. The van der Waals surface area contributed by atoms with Crippen molar-refractivity contribution in [2.75, 3.05) is 19.8 Å². The topological polar surface area (TPSA) is 47.0 Å². The van der Waals surface area contributed by atoms with Gasteiger partial charge in [-0.05, 0) is 26.8 Å². The van der Waals surface area contributed by atoms with E-state index in [0.717, 1.165) is 44.1 Å². The zero-order valence-corrected chi connectivity index (χ0v) is 9.49. The predicted octanol–water partition coefficient (Wildman–Crippen LogP) is 1.30. The molecule has 84 valence electrons. The summed E-state index contributed by atoms with van der Waals surface area (Å²) in [6, 6.07) is 0. The van der Waals surface area contributed by atoms with Gasteiger partial charge in [-0.3, -0.25) is 9.97 Å². The van der Waals surface area contributed by atoms with E-state index < -0.39 is 0 Å². The second kappa shape index (κ2) is 7.31. The Kier molecular flexibility index (Phi) is 5.88. The monoisotopic (exact) mass is 209 g/mol. The number of aromatic nitrogens is 2. The molecule has 15 heavy (non-hydrogen) atoms. The lowest BCUT2D eigenvalue weighted by molar-refractivity contribution is 0.144. The van der Waals surface area contributed by atoms with E-state index >= 15 is 0 Å². The smallest absolute Gasteiger partial charge is 0.0724 e. The summed E-state index contributed by atoms with van der Waals surface area (Å²) in [7, 11) is 0. The maximum Gasteiger partial charge on any atom is 0.0724 e. The molecule has 0 radical (unpaired) electrons. The molecule has 0 aromatic carbocycles. The van der Waals surface area contributed by atoms with E-state index in [0.29, 0.717) is 0 Å². The molecule has 4 heteroatoms.